The first-order valence-electron chi connectivity index (χ1n) is 5.58. The first-order valence-corrected chi connectivity index (χ1v) is 6.71. The van der Waals surface area contributed by atoms with Crippen LogP contribution in [0.2, 0.25) is 15.1 Å². The van der Waals surface area contributed by atoms with Gasteiger partial charge in [-0.15, -0.1) is 0 Å². The van der Waals surface area contributed by atoms with Crippen molar-refractivity contribution in [2.24, 2.45) is 0 Å². The predicted molar refractivity (Wildman–Crippen MR) is 81.0 cm³/mol. The number of nitrogens with zero attached hydrogens (tertiary/aromatic N) is 2. The van der Waals surface area contributed by atoms with E-state index in [9.17, 15) is 0 Å². The van der Waals surface area contributed by atoms with Crippen LogP contribution in [0.4, 0.5) is 17.5 Å². The van der Waals surface area contributed by atoms with Gasteiger partial charge in [0.25, 0.3) is 0 Å². The quantitative estimate of drug-likeness (QED) is 0.864. The van der Waals surface area contributed by atoms with E-state index in [1.165, 1.54) is 6.20 Å². The fourth-order valence-corrected chi connectivity index (χ4v) is 2.13. The molecular formula is C12H11Cl3N4. The Labute approximate surface area is 126 Å². The van der Waals surface area contributed by atoms with E-state index in [4.69, 9.17) is 34.8 Å². The van der Waals surface area contributed by atoms with Gasteiger partial charge in [-0.2, -0.15) is 4.98 Å². The third kappa shape index (κ3) is 3.86. The van der Waals surface area contributed by atoms with Crippen molar-refractivity contribution in [2.75, 3.05) is 17.2 Å². The standard InChI is InChI=1S/C12H11Cl3N4/c1-2-16-12-17-6-10(15)11(19-12)18-9-4-7(13)3-8(14)5-9/h3-6H,2H2,1H3,(H2,16,17,18,19). The molecule has 1 aromatic heterocycles. The molecule has 2 N–H and O–H groups in total. The summed E-state index contributed by atoms with van der Waals surface area (Å²) in [7, 11) is 0. The van der Waals surface area contributed by atoms with E-state index in [-0.39, 0.29) is 0 Å². The summed E-state index contributed by atoms with van der Waals surface area (Å²) in [4.78, 5) is 8.32. The van der Waals surface area contributed by atoms with E-state index in [0.717, 1.165) is 6.54 Å². The molecule has 2 rings (SSSR count). The van der Waals surface area contributed by atoms with Gasteiger partial charge < -0.3 is 10.6 Å². The summed E-state index contributed by atoms with van der Waals surface area (Å²) < 4.78 is 0. The van der Waals surface area contributed by atoms with Crippen LogP contribution in [0.3, 0.4) is 0 Å². The molecular weight excluding hydrogens is 307 g/mol. The zero-order chi connectivity index (χ0) is 13.8. The third-order valence-electron chi connectivity index (χ3n) is 2.20. The largest absolute Gasteiger partial charge is 0.354 e. The van der Waals surface area contributed by atoms with Crippen molar-refractivity contribution in [2.45, 2.75) is 6.92 Å². The van der Waals surface area contributed by atoms with E-state index in [0.29, 0.717) is 32.5 Å². The van der Waals surface area contributed by atoms with Crippen LogP contribution in [0, 0.1) is 0 Å². The molecule has 0 spiro atoms. The van der Waals surface area contributed by atoms with E-state index in [1.54, 1.807) is 18.2 Å². The minimum absolute atomic E-state index is 0.415. The summed E-state index contributed by atoms with van der Waals surface area (Å²) in [5.74, 6) is 0.994. The van der Waals surface area contributed by atoms with Gasteiger partial charge in [0.05, 0.1) is 6.20 Å². The fraction of sp³-hybridized carbons (Fsp3) is 0.167. The molecule has 0 aliphatic carbocycles. The predicted octanol–water partition coefficient (Wildman–Crippen LogP) is 4.61. The van der Waals surface area contributed by atoms with Gasteiger partial charge in [0.15, 0.2) is 5.82 Å². The van der Waals surface area contributed by atoms with Crippen molar-refractivity contribution in [1.29, 1.82) is 0 Å². The van der Waals surface area contributed by atoms with Crippen molar-refractivity contribution in [1.82, 2.24) is 9.97 Å². The van der Waals surface area contributed by atoms with Crippen molar-refractivity contribution in [3.05, 3.63) is 39.5 Å². The molecule has 0 radical (unpaired) electrons. The van der Waals surface area contributed by atoms with Gasteiger partial charge in [-0.3, -0.25) is 0 Å². The maximum absolute atomic E-state index is 6.04. The molecule has 1 heterocycles. The topological polar surface area (TPSA) is 49.8 Å². The maximum Gasteiger partial charge on any atom is 0.224 e. The van der Waals surface area contributed by atoms with Crippen LogP contribution in [0.1, 0.15) is 6.92 Å². The number of benzene rings is 1. The lowest BCUT2D eigenvalue weighted by Gasteiger charge is -2.10. The first-order chi connectivity index (χ1) is 9.08. The summed E-state index contributed by atoms with van der Waals surface area (Å²) in [5.41, 5.74) is 0.709. The second-order valence-corrected chi connectivity index (χ2v) is 4.98. The van der Waals surface area contributed by atoms with Gasteiger partial charge in [-0.05, 0) is 25.1 Å². The Morgan fingerprint density at radius 2 is 1.79 bits per heavy atom. The number of hydrogen-bond donors (Lipinski definition) is 2. The van der Waals surface area contributed by atoms with Crippen LogP contribution in [0.5, 0.6) is 0 Å². The summed E-state index contributed by atoms with van der Waals surface area (Å²) >= 11 is 17.9. The number of hydrogen-bond acceptors (Lipinski definition) is 4. The number of aromatic nitrogens is 2. The van der Waals surface area contributed by atoms with Crippen molar-refractivity contribution >= 4 is 52.3 Å². The lowest BCUT2D eigenvalue weighted by atomic mass is 10.3. The highest BCUT2D eigenvalue weighted by atomic mass is 35.5. The number of rotatable bonds is 4. The second kappa shape index (κ2) is 6.28. The molecule has 0 unspecified atom stereocenters. The molecule has 4 nitrogen and oxygen atoms in total. The summed E-state index contributed by atoms with van der Waals surface area (Å²) in [5, 5.41) is 7.55. The van der Waals surface area contributed by atoms with Gasteiger partial charge in [-0.25, -0.2) is 4.98 Å². The Hall–Kier alpha value is -1.23. The monoisotopic (exact) mass is 316 g/mol. The van der Waals surface area contributed by atoms with Crippen molar-refractivity contribution in [3.8, 4) is 0 Å². The highest BCUT2D eigenvalue weighted by Crippen LogP contribution is 2.27. The van der Waals surface area contributed by atoms with Gasteiger partial charge in [0.1, 0.15) is 5.02 Å². The minimum Gasteiger partial charge on any atom is -0.354 e. The molecule has 0 atom stereocenters. The summed E-state index contributed by atoms with van der Waals surface area (Å²) in [6.07, 6.45) is 1.53. The zero-order valence-corrected chi connectivity index (χ0v) is 12.3. The number of halogens is 3. The summed E-state index contributed by atoms with van der Waals surface area (Å²) in [6.45, 7) is 2.69. The number of anilines is 3. The van der Waals surface area contributed by atoms with Crippen LogP contribution in [0.25, 0.3) is 0 Å². The molecule has 0 bridgehead atoms. The molecule has 2 aromatic rings. The average molecular weight is 318 g/mol. The Morgan fingerprint density at radius 3 is 2.42 bits per heavy atom. The second-order valence-electron chi connectivity index (χ2n) is 3.70. The molecule has 0 fully saturated rings. The molecule has 0 saturated carbocycles. The van der Waals surface area contributed by atoms with Crippen LogP contribution >= 0.6 is 34.8 Å². The Kier molecular flexibility index (Phi) is 4.69. The molecule has 0 aliphatic rings. The highest BCUT2D eigenvalue weighted by Gasteiger charge is 2.06. The fourth-order valence-electron chi connectivity index (χ4n) is 1.46. The maximum atomic E-state index is 6.04. The van der Waals surface area contributed by atoms with Crippen LogP contribution in [-0.4, -0.2) is 16.5 Å². The molecule has 7 heteroatoms. The van der Waals surface area contributed by atoms with Gasteiger partial charge in [-0.1, -0.05) is 34.8 Å². The van der Waals surface area contributed by atoms with E-state index < -0.39 is 0 Å². The summed E-state index contributed by atoms with van der Waals surface area (Å²) in [6, 6.07) is 5.12. The smallest absolute Gasteiger partial charge is 0.224 e. The van der Waals surface area contributed by atoms with E-state index in [1.807, 2.05) is 6.92 Å². The molecule has 19 heavy (non-hydrogen) atoms. The SMILES string of the molecule is CCNc1ncc(Cl)c(Nc2cc(Cl)cc(Cl)c2)n1. The Bertz CT molecular complexity index is 569. The molecule has 0 amide bonds. The number of nitrogens with one attached hydrogen (secondary N) is 2. The lowest BCUT2D eigenvalue weighted by Crippen LogP contribution is -2.04. The van der Waals surface area contributed by atoms with Gasteiger partial charge in [0.2, 0.25) is 5.95 Å². The van der Waals surface area contributed by atoms with Crippen LogP contribution < -0.4 is 10.6 Å². The Morgan fingerprint density at radius 1 is 1.11 bits per heavy atom. The van der Waals surface area contributed by atoms with Crippen LogP contribution in [0.15, 0.2) is 24.4 Å². The lowest BCUT2D eigenvalue weighted by molar-refractivity contribution is 1.09. The van der Waals surface area contributed by atoms with E-state index >= 15 is 0 Å². The highest BCUT2D eigenvalue weighted by molar-refractivity contribution is 6.35. The first kappa shape index (κ1) is 14.2. The zero-order valence-electron chi connectivity index (χ0n) is 10.0. The van der Waals surface area contributed by atoms with Crippen LogP contribution in [-0.2, 0) is 0 Å². The molecule has 0 saturated heterocycles. The normalized spacial score (nSPS) is 10.3. The Balaban J connectivity index is 2.28. The minimum atomic E-state index is 0.415. The van der Waals surface area contributed by atoms with Gasteiger partial charge in [0, 0.05) is 22.3 Å². The molecule has 1 aromatic carbocycles. The van der Waals surface area contributed by atoms with Crippen molar-refractivity contribution in [3.63, 3.8) is 0 Å². The molecule has 0 aliphatic heterocycles. The average Bonchev–Trinajstić information content (AvgIpc) is 2.32. The van der Waals surface area contributed by atoms with E-state index in [2.05, 4.69) is 20.6 Å². The van der Waals surface area contributed by atoms with Crippen molar-refractivity contribution < 1.29 is 0 Å². The molecule has 100 valence electrons. The third-order valence-corrected chi connectivity index (χ3v) is 2.92. The van der Waals surface area contributed by atoms with Gasteiger partial charge >= 0.3 is 0 Å².